The molecule has 1 spiro atoms. The highest BCUT2D eigenvalue weighted by Crippen LogP contribution is 2.55. The number of carbonyl (C=O) groups is 2. The number of para-hydroxylation sites is 1. The average Bonchev–Trinajstić information content (AvgIpc) is 3.32. The molecule has 172 valence electrons. The van der Waals surface area contributed by atoms with Crippen molar-refractivity contribution >= 4 is 46.6 Å². The quantitative estimate of drug-likeness (QED) is 0.522. The van der Waals surface area contributed by atoms with Crippen LogP contribution in [-0.2, 0) is 27.4 Å². The lowest BCUT2D eigenvalue weighted by Crippen LogP contribution is -2.52. The highest BCUT2D eigenvalue weighted by atomic mass is 35.5. The number of carbonyl (C=O) groups excluding carboxylic acids is 2. The van der Waals surface area contributed by atoms with E-state index in [4.69, 9.17) is 11.6 Å². The van der Waals surface area contributed by atoms with Crippen LogP contribution in [-0.4, -0.2) is 35.7 Å². The van der Waals surface area contributed by atoms with Gasteiger partial charge in [-0.1, -0.05) is 60.1 Å². The van der Waals surface area contributed by atoms with Crippen LogP contribution in [0.25, 0.3) is 0 Å². The largest absolute Gasteiger partial charge is 0.295 e. The van der Waals surface area contributed by atoms with E-state index in [0.29, 0.717) is 17.4 Å². The lowest BCUT2D eigenvalue weighted by molar-refractivity contribution is -0.124. The molecule has 3 aromatic carbocycles. The van der Waals surface area contributed by atoms with Crippen molar-refractivity contribution in [3.05, 3.63) is 94.0 Å². The first kappa shape index (κ1) is 21.7. The predicted molar refractivity (Wildman–Crippen MR) is 137 cm³/mol. The molecule has 0 bridgehead atoms. The Morgan fingerprint density at radius 1 is 1.00 bits per heavy atom. The number of hydrogen-bond donors (Lipinski definition) is 0. The molecule has 1 saturated heterocycles. The third kappa shape index (κ3) is 3.20. The summed E-state index contributed by atoms with van der Waals surface area (Å²) >= 11 is 7.83. The third-order valence-electron chi connectivity index (χ3n) is 7.03. The van der Waals surface area contributed by atoms with Crippen LogP contribution in [0, 0.1) is 6.92 Å². The molecule has 0 N–H and O–H groups in total. The van der Waals surface area contributed by atoms with Crippen molar-refractivity contribution in [2.24, 2.45) is 0 Å². The van der Waals surface area contributed by atoms with Crippen molar-refractivity contribution in [3.8, 4) is 0 Å². The Labute approximate surface area is 208 Å². The highest BCUT2D eigenvalue weighted by molar-refractivity contribution is 8.02. The van der Waals surface area contributed by atoms with Crippen molar-refractivity contribution in [3.63, 3.8) is 0 Å². The molecule has 0 aliphatic carbocycles. The van der Waals surface area contributed by atoms with Gasteiger partial charge in [-0.2, -0.15) is 0 Å². The first-order valence-corrected chi connectivity index (χ1v) is 12.8. The maximum Gasteiger partial charge on any atom is 0.269 e. The summed E-state index contributed by atoms with van der Waals surface area (Å²) in [6, 6.07) is 21.9. The fraction of sp³-hybridized carbons (Fsp3) is 0.259. The summed E-state index contributed by atoms with van der Waals surface area (Å²) in [5, 5.41) is 0.583. The first-order chi connectivity index (χ1) is 16.5. The normalized spacial score (nSPS) is 21.9. The monoisotopic (exact) mass is 489 g/mol. The van der Waals surface area contributed by atoms with E-state index in [1.807, 2.05) is 48.2 Å². The molecule has 1 fully saturated rings. The van der Waals surface area contributed by atoms with Crippen molar-refractivity contribution in [2.45, 2.75) is 24.8 Å². The van der Waals surface area contributed by atoms with Gasteiger partial charge in [0.15, 0.2) is 0 Å². The van der Waals surface area contributed by atoms with Gasteiger partial charge in [-0.05, 0) is 48.2 Å². The Balaban J connectivity index is 1.39. The number of amides is 2. The summed E-state index contributed by atoms with van der Waals surface area (Å²) in [6.07, 6.45) is 0.965. The van der Waals surface area contributed by atoms with E-state index in [1.54, 1.807) is 11.0 Å². The molecule has 2 amide bonds. The van der Waals surface area contributed by atoms with Crippen LogP contribution in [0.3, 0.4) is 0 Å². The lowest BCUT2D eigenvalue weighted by atomic mass is 10.0. The number of halogens is 1. The molecule has 0 radical (unpaired) electrons. The van der Waals surface area contributed by atoms with Gasteiger partial charge in [0.05, 0.1) is 18.1 Å². The van der Waals surface area contributed by atoms with E-state index in [1.165, 1.54) is 22.9 Å². The van der Waals surface area contributed by atoms with Gasteiger partial charge in [-0.25, -0.2) is 0 Å². The van der Waals surface area contributed by atoms with Gasteiger partial charge < -0.3 is 0 Å². The molecule has 3 heterocycles. The number of anilines is 2. The van der Waals surface area contributed by atoms with Crippen molar-refractivity contribution in [1.29, 1.82) is 0 Å². The summed E-state index contributed by atoms with van der Waals surface area (Å²) in [6.45, 7) is 4.11. The summed E-state index contributed by atoms with van der Waals surface area (Å²) < 4.78 is 0. The van der Waals surface area contributed by atoms with Gasteiger partial charge in [-0.15, -0.1) is 11.8 Å². The average molecular weight is 490 g/mol. The zero-order valence-corrected chi connectivity index (χ0v) is 20.4. The van der Waals surface area contributed by atoms with Gasteiger partial charge in [0.1, 0.15) is 0 Å². The summed E-state index contributed by atoms with van der Waals surface area (Å²) in [5.74, 6) is 0.0955. The fourth-order valence-corrected chi connectivity index (χ4v) is 6.83. The van der Waals surface area contributed by atoms with Crippen LogP contribution in [0.1, 0.15) is 22.3 Å². The molecule has 0 saturated carbocycles. The van der Waals surface area contributed by atoms with Gasteiger partial charge in [0, 0.05) is 29.4 Å². The molecular formula is C27H24ClN3O2S. The van der Waals surface area contributed by atoms with Gasteiger partial charge in [-0.3, -0.25) is 24.3 Å². The zero-order chi connectivity index (χ0) is 23.4. The Morgan fingerprint density at radius 2 is 1.76 bits per heavy atom. The zero-order valence-electron chi connectivity index (χ0n) is 18.8. The number of benzene rings is 3. The Hall–Kier alpha value is -2.80. The minimum atomic E-state index is -1.11. The smallest absolute Gasteiger partial charge is 0.269 e. The second-order valence-electron chi connectivity index (χ2n) is 9.06. The number of fused-ring (bicyclic) bond motifs is 3. The summed E-state index contributed by atoms with van der Waals surface area (Å²) in [7, 11) is 0. The molecule has 1 unspecified atom stereocenters. The van der Waals surface area contributed by atoms with Crippen molar-refractivity contribution in [1.82, 2.24) is 4.90 Å². The number of hydrogen-bond acceptors (Lipinski definition) is 4. The molecule has 7 heteroatoms. The van der Waals surface area contributed by atoms with E-state index in [9.17, 15) is 9.59 Å². The molecule has 1 atom stereocenters. The standard InChI is InChI=1S/C27H24ClN3O2S/c1-18-10-11-21(14-23(18)28)31-25(32)16-34-27(31)22-8-4-5-9-24(22)30(26(27)33)17-29-13-12-19-6-2-3-7-20(19)15-29/h2-11,14H,12-13,15-17H2,1H3. The summed E-state index contributed by atoms with van der Waals surface area (Å²) in [4.78, 5) is 32.2. The SMILES string of the molecule is Cc1ccc(N2C(=O)CSC23C(=O)N(CN2CCc4ccccc4C2)c2ccccc23)cc1Cl. The highest BCUT2D eigenvalue weighted by Gasteiger charge is 2.61. The molecule has 5 nitrogen and oxygen atoms in total. The van der Waals surface area contributed by atoms with Gasteiger partial charge >= 0.3 is 0 Å². The van der Waals surface area contributed by atoms with Crippen LogP contribution in [0.4, 0.5) is 11.4 Å². The van der Waals surface area contributed by atoms with Crippen molar-refractivity contribution in [2.75, 3.05) is 28.8 Å². The van der Waals surface area contributed by atoms with Crippen LogP contribution in [0.15, 0.2) is 66.7 Å². The predicted octanol–water partition coefficient (Wildman–Crippen LogP) is 4.94. The van der Waals surface area contributed by atoms with E-state index in [-0.39, 0.29) is 17.6 Å². The number of thioether (sulfide) groups is 1. The van der Waals surface area contributed by atoms with E-state index >= 15 is 0 Å². The molecule has 3 aliphatic rings. The van der Waals surface area contributed by atoms with Crippen LogP contribution >= 0.6 is 23.4 Å². The maximum atomic E-state index is 14.2. The number of rotatable bonds is 3. The summed E-state index contributed by atoms with van der Waals surface area (Å²) in [5.41, 5.74) is 6.01. The van der Waals surface area contributed by atoms with E-state index in [2.05, 4.69) is 29.2 Å². The second-order valence-corrected chi connectivity index (χ2v) is 10.6. The molecule has 3 aromatic rings. The van der Waals surface area contributed by atoms with Crippen LogP contribution < -0.4 is 9.80 Å². The minimum absolute atomic E-state index is 0.0693. The van der Waals surface area contributed by atoms with Gasteiger partial charge in [0.2, 0.25) is 10.8 Å². The second kappa shape index (κ2) is 8.15. The molecule has 0 aromatic heterocycles. The van der Waals surface area contributed by atoms with E-state index < -0.39 is 4.87 Å². The fourth-order valence-electron chi connectivity index (χ4n) is 5.29. The van der Waals surface area contributed by atoms with Gasteiger partial charge in [0.25, 0.3) is 5.91 Å². The van der Waals surface area contributed by atoms with E-state index in [0.717, 1.165) is 36.3 Å². The Kier molecular flexibility index (Phi) is 5.21. The third-order valence-corrected chi connectivity index (χ3v) is 8.82. The number of aryl methyl sites for hydroxylation is 1. The minimum Gasteiger partial charge on any atom is -0.295 e. The lowest BCUT2D eigenvalue weighted by Gasteiger charge is -2.35. The molecule has 3 aliphatic heterocycles. The molecular weight excluding hydrogens is 466 g/mol. The topological polar surface area (TPSA) is 43.9 Å². The molecule has 34 heavy (non-hydrogen) atoms. The Bertz CT molecular complexity index is 1330. The van der Waals surface area contributed by atoms with Crippen LogP contribution in [0.2, 0.25) is 5.02 Å². The van der Waals surface area contributed by atoms with Crippen molar-refractivity contribution < 1.29 is 9.59 Å². The van der Waals surface area contributed by atoms with Crippen LogP contribution in [0.5, 0.6) is 0 Å². The first-order valence-electron chi connectivity index (χ1n) is 11.4. The maximum absolute atomic E-state index is 14.2. The Morgan fingerprint density at radius 3 is 2.59 bits per heavy atom. The number of nitrogens with zero attached hydrogens (tertiary/aromatic N) is 3. The molecule has 6 rings (SSSR count).